The number of rotatable bonds is 9. The quantitative estimate of drug-likeness (QED) is 0.142. The van der Waals surface area contributed by atoms with Crippen LogP contribution >= 0.6 is 0 Å². The molecule has 1 aliphatic rings. The first-order chi connectivity index (χ1) is 17.0. The van der Waals surface area contributed by atoms with Gasteiger partial charge >= 0.3 is 5.97 Å². The molecule has 0 aliphatic carbocycles. The van der Waals surface area contributed by atoms with Crippen LogP contribution in [0.1, 0.15) is 33.3 Å². The summed E-state index contributed by atoms with van der Waals surface area (Å²) >= 11 is 0. The summed E-state index contributed by atoms with van der Waals surface area (Å²) in [6, 6.07) is 5.18. The van der Waals surface area contributed by atoms with Gasteiger partial charge in [-0.05, 0) is 51.5 Å². The van der Waals surface area contributed by atoms with E-state index >= 15 is 0 Å². The first-order valence-electron chi connectivity index (χ1n) is 10.8. The van der Waals surface area contributed by atoms with Crippen LogP contribution in [-0.2, 0) is 38.2 Å². The van der Waals surface area contributed by atoms with Gasteiger partial charge in [0, 0.05) is 0 Å². The highest BCUT2D eigenvalue weighted by molar-refractivity contribution is 6.05. The van der Waals surface area contributed by atoms with E-state index in [1.54, 1.807) is 0 Å². The Hall–Kier alpha value is -3.49. The third-order valence-corrected chi connectivity index (χ3v) is 6.22. The number of aliphatic hydroxyl groups excluding tert-OH is 1. The van der Waals surface area contributed by atoms with Gasteiger partial charge in [0.2, 0.25) is 23.3 Å². The number of hydrogen-bond acceptors (Lipinski definition) is 13. The molecule has 1 aromatic carbocycles. The van der Waals surface area contributed by atoms with E-state index in [2.05, 4.69) is 4.74 Å². The molecular formula is C24H28O13. The van der Waals surface area contributed by atoms with Crippen molar-refractivity contribution >= 4 is 35.2 Å². The van der Waals surface area contributed by atoms with E-state index in [1.807, 2.05) is 0 Å². The van der Waals surface area contributed by atoms with Crippen molar-refractivity contribution in [2.75, 3.05) is 7.11 Å². The van der Waals surface area contributed by atoms with Crippen molar-refractivity contribution in [1.82, 2.24) is 0 Å². The zero-order valence-electron chi connectivity index (χ0n) is 20.6. The Morgan fingerprint density at radius 3 is 1.84 bits per heavy atom. The molecule has 1 aliphatic heterocycles. The summed E-state index contributed by atoms with van der Waals surface area (Å²) in [6.07, 6.45) is -6.36. The average Bonchev–Trinajstić information content (AvgIpc) is 2.83. The van der Waals surface area contributed by atoms with Crippen molar-refractivity contribution in [2.45, 2.75) is 63.0 Å². The Morgan fingerprint density at radius 1 is 0.919 bits per heavy atom. The molecule has 37 heavy (non-hydrogen) atoms. The van der Waals surface area contributed by atoms with Crippen LogP contribution in [0, 0.1) is 0 Å². The van der Waals surface area contributed by atoms with Crippen LogP contribution in [0.25, 0.3) is 6.08 Å². The number of hydrogen-bond donors (Lipinski definition) is 5. The molecule has 6 atom stereocenters. The van der Waals surface area contributed by atoms with Crippen LogP contribution in [0.15, 0.2) is 30.0 Å². The number of phenolic OH excluding ortho intramolecular Hbond substituents is 1. The van der Waals surface area contributed by atoms with Gasteiger partial charge in [0.05, 0.1) is 7.11 Å². The second kappa shape index (κ2) is 10.5. The standard InChI is InChI=1S/C24H28O13/c1-11(25)18(30)19-22(32,12(2)26)24(34,14(4)28)23(33,13(3)27)21(37-19)36-17(20(31)35-5)10-15-6-8-16(29)9-7-15/h6-10,18-19,21,29-30,32-34H,1-5H3/b17-10+/t18?,19-,21+,22+,23+,24+/m1/s1. The average molecular weight is 524 g/mol. The third kappa shape index (κ3) is 4.67. The summed E-state index contributed by atoms with van der Waals surface area (Å²) < 4.78 is 15.4. The molecule has 13 heteroatoms. The van der Waals surface area contributed by atoms with Crippen molar-refractivity contribution in [3.05, 3.63) is 35.6 Å². The predicted molar refractivity (Wildman–Crippen MR) is 121 cm³/mol. The Kier molecular flexibility index (Phi) is 8.42. The van der Waals surface area contributed by atoms with E-state index < -0.39 is 70.2 Å². The molecular weight excluding hydrogens is 496 g/mol. The minimum absolute atomic E-state index is 0.115. The van der Waals surface area contributed by atoms with Crippen LogP contribution in [0.3, 0.4) is 0 Å². The van der Waals surface area contributed by atoms with Gasteiger partial charge in [-0.3, -0.25) is 19.2 Å². The van der Waals surface area contributed by atoms with Gasteiger partial charge in [-0.15, -0.1) is 0 Å². The van der Waals surface area contributed by atoms with Crippen LogP contribution in [0.5, 0.6) is 5.75 Å². The van der Waals surface area contributed by atoms with E-state index in [0.717, 1.165) is 20.1 Å². The largest absolute Gasteiger partial charge is 0.508 e. The van der Waals surface area contributed by atoms with Crippen molar-refractivity contribution in [1.29, 1.82) is 0 Å². The molecule has 13 nitrogen and oxygen atoms in total. The molecule has 0 radical (unpaired) electrons. The molecule has 0 spiro atoms. The Balaban J connectivity index is 2.85. The lowest BCUT2D eigenvalue weighted by Crippen LogP contribution is -2.87. The molecule has 1 heterocycles. The lowest BCUT2D eigenvalue weighted by molar-refractivity contribution is -0.366. The molecule has 1 aromatic rings. The number of Topliss-reactive ketones (excluding diaryl/α,β-unsaturated/α-hetero) is 4. The normalized spacial score (nSPS) is 30.7. The zero-order valence-corrected chi connectivity index (χ0v) is 20.6. The highest BCUT2D eigenvalue weighted by atomic mass is 16.7. The Morgan fingerprint density at radius 2 is 1.43 bits per heavy atom. The van der Waals surface area contributed by atoms with Crippen LogP contribution in [0.4, 0.5) is 0 Å². The van der Waals surface area contributed by atoms with E-state index in [1.165, 1.54) is 24.3 Å². The van der Waals surface area contributed by atoms with Gasteiger partial charge < -0.3 is 39.7 Å². The molecule has 5 N–H and O–H groups in total. The number of methoxy groups -OCH3 is 1. The van der Waals surface area contributed by atoms with Crippen molar-refractivity contribution < 1.29 is 63.7 Å². The number of carbonyl (C=O) groups excluding carboxylic acids is 5. The molecule has 1 fully saturated rings. The summed E-state index contributed by atoms with van der Waals surface area (Å²) in [6.45, 7) is 2.82. The van der Waals surface area contributed by atoms with Gasteiger partial charge in [0.25, 0.3) is 0 Å². The van der Waals surface area contributed by atoms with Gasteiger partial charge in [-0.1, -0.05) is 12.1 Å². The summed E-state index contributed by atoms with van der Waals surface area (Å²) in [5.74, 6) is -7.59. The lowest BCUT2D eigenvalue weighted by Gasteiger charge is -2.57. The number of phenols is 1. The second-order valence-electron chi connectivity index (χ2n) is 8.57. The van der Waals surface area contributed by atoms with Gasteiger partial charge in [-0.2, -0.15) is 0 Å². The van der Waals surface area contributed by atoms with Crippen molar-refractivity contribution in [3.8, 4) is 5.75 Å². The van der Waals surface area contributed by atoms with Crippen molar-refractivity contribution in [3.63, 3.8) is 0 Å². The van der Waals surface area contributed by atoms with Gasteiger partial charge in [0.15, 0.2) is 28.7 Å². The number of ketones is 4. The molecule has 1 unspecified atom stereocenters. The zero-order chi connectivity index (χ0) is 28.5. The van der Waals surface area contributed by atoms with Crippen LogP contribution in [0.2, 0.25) is 0 Å². The predicted octanol–water partition coefficient (Wildman–Crippen LogP) is -1.44. The highest BCUT2D eigenvalue weighted by Crippen LogP contribution is 2.48. The summed E-state index contributed by atoms with van der Waals surface area (Å²) in [4.78, 5) is 62.6. The van der Waals surface area contributed by atoms with Crippen LogP contribution in [-0.4, -0.2) is 97.0 Å². The minimum atomic E-state index is -3.73. The molecule has 202 valence electrons. The number of benzene rings is 1. The number of carbonyl (C=O) groups is 5. The SMILES string of the molecule is COC(=O)/C(=C\c1ccc(O)cc1)O[C@H]1O[C@H](C(O)C(C)=O)[C@@](O)(C(C)=O)[C@@](O)(C(C)=O)[C@]1(O)C(C)=O. The number of aromatic hydroxyl groups is 1. The topological polar surface area (TPSA) is 214 Å². The van der Waals surface area contributed by atoms with Crippen LogP contribution < -0.4 is 0 Å². The highest BCUT2D eigenvalue weighted by Gasteiger charge is 2.80. The first kappa shape index (κ1) is 29.7. The van der Waals surface area contributed by atoms with E-state index in [4.69, 9.17) is 9.47 Å². The summed E-state index contributed by atoms with van der Waals surface area (Å²) in [5, 5.41) is 54.2. The monoisotopic (exact) mass is 524 g/mol. The smallest absolute Gasteiger partial charge is 0.373 e. The number of aliphatic hydroxyl groups is 4. The fraction of sp³-hybridized carbons (Fsp3) is 0.458. The molecule has 1 saturated heterocycles. The molecule has 0 aromatic heterocycles. The maximum Gasteiger partial charge on any atom is 0.373 e. The second-order valence-corrected chi connectivity index (χ2v) is 8.57. The molecule has 0 bridgehead atoms. The first-order valence-corrected chi connectivity index (χ1v) is 10.8. The molecule has 0 amide bonds. The lowest BCUT2D eigenvalue weighted by atomic mass is 9.60. The summed E-state index contributed by atoms with van der Waals surface area (Å²) in [7, 11) is 0.956. The van der Waals surface area contributed by atoms with Gasteiger partial charge in [0.1, 0.15) is 18.0 Å². The van der Waals surface area contributed by atoms with E-state index in [9.17, 15) is 49.5 Å². The fourth-order valence-electron chi connectivity index (χ4n) is 4.12. The number of ether oxygens (including phenoxy) is 3. The van der Waals surface area contributed by atoms with E-state index in [-0.39, 0.29) is 11.3 Å². The Bertz CT molecular complexity index is 1140. The maximum atomic E-state index is 12.8. The van der Waals surface area contributed by atoms with Crippen molar-refractivity contribution in [2.24, 2.45) is 0 Å². The summed E-state index contributed by atoms with van der Waals surface area (Å²) in [5.41, 5.74) is -10.6. The number of esters is 1. The minimum Gasteiger partial charge on any atom is -0.508 e. The maximum absolute atomic E-state index is 12.8. The van der Waals surface area contributed by atoms with Gasteiger partial charge in [-0.25, -0.2) is 4.79 Å². The molecule has 0 saturated carbocycles. The molecule has 2 rings (SSSR count). The Labute approximate surface area is 210 Å². The third-order valence-electron chi connectivity index (χ3n) is 6.22. The van der Waals surface area contributed by atoms with E-state index in [0.29, 0.717) is 20.8 Å². The fourth-order valence-corrected chi connectivity index (χ4v) is 4.12.